The summed E-state index contributed by atoms with van der Waals surface area (Å²) in [7, 11) is 0. The number of aromatic nitrogens is 5. The number of nitrogens with one attached hydrogen (secondary N) is 1. The minimum atomic E-state index is -4.98. The predicted octanol–water partition coefficient (Wildman–Crippen LogP) is 4.70. The lowest BCUT2D eigenvalue weighted by Gasteiger charge is -2.26. The number of alkyl halides is 3. The predicted molar refractivity (Wildman–Crippen MR) is 114 cm³/mol. The van der Waals surface area contributed by atoms with Gasteiger partial charge in [-0.25, -0.2) is 14.4 Å². The summed E-state index contributed by atoms with van der Waals surface area (Å²) >= 11 is 5.84. The van der Waals surface area contributed by atoms with Crippen molar-refractivity contribution in [1.29, 1.82) is 0 Å². The fraction of sp³-hybridized carbons (Fsp3) is 0.238. The van der Waals surface area contributed by atoms with Gasteiger partial charge in [-0.3, -0.25) is 4.68 Å². The maximum atomic E-state index is 14.4. The van der Waals surface area contributed by atoms with Crippen LogP contribution in [0.2, 0.25) is 5.15 Å². The molecule has 0 aliphatic rings. The van der Waals surface area contributed by atoms with Gasteiger partial charge in [0.15, 0.2) is 22.4 Å². The molecule has 8 nitrogen and oxygen atoms in total. The highest BCUT2D eigenvalue weighted by atomic mass is 35.5. The van der Waals surface area contributed by atoms with E-state index >= 15 is 0 Å². The molecule has 1 unspecified atom stereocenters. The number of benzene rings is 1. The van der Waals surface area contributed by atoms with Crippen LogP contribution in [0.25, 0.3) is 22.9 Å². The molecule has 184 valence electrons. The van der Waals surface area contributed by atoms with Crippen LogP contribution in [-0.2, 0) is 6.54 Å². The molecule has 0 bridgehead atoms. The van der Waals surface area contributed by atoms with E-state index in [1.54, 1.807) is 12.1 Å². The Morgan fingerprint density at radius 2 is 1.86 bits per heavy atom. The zero-order valence-corrected chi connectivity index (χ0v) is 18.6. The fourth-order valence-electron chi connectivity index (χ4n) is 2.99. The van der Waals surface area contributed by atoms with E-state index in [4.69, 9.17) is 16.1 Å². The van der Waals surface area contributed by atoms with Crippen molar-refractivity contribution in [2.24, 2.45) is 0 Å². The van der Waals surface area contributed by atoms with Crippen molar-refractivity contribution in [1.82, 2.24) is 24.9 Å². The van der Waals surface area contributed by atoms with Gasteiger partial charge in [-0.15, -0.1) is 0 Å². The minimum absolute atomic E-state index is 0.0245. The topological polar surface area (TPSA) is 102 Å². The summed E-state index contributed by atoms with van der Waals surface area (Å²) in [6.07, 6.45) is -3.66. The van der Waals surface area contributed by atoms with Crippen LogP contribution in [0.15, 0.2) is 47.2 Å². The summed E-state index contributed by atoms with van der Waals surface area (Å²) < 4.78 is 73.8. The van der Waals surface area contributed by atoms with E-state index in [-0.39, 0.29) is 18.1 Å². The molecule has 0 aliphatic carbocycles. The molecule has 0 fully saturated rings. The Bertz CT molecular complexity index is 1340. The molecule has 0 amide bonds. The number of hydrogen-bond acceptors (Lipinski definition) is 7. The Kier molecular flexibility index (Phi) is 6.47. The van der Waals surface area contributed by atoms with Gasteiger partial charge in [0.1, 0.15) is 23.5 Å². The summed E-state index contributed by atoms with van der Waals surface area (Å²) in [6.45, 7) is -0.606. The largest absolute Gasteiger partial charge is 0.418 e. The van der Waals surface area contributed by atoms with E-state index in [9.17, 15) is 27.1 Å². The number of nitrogens with zero attached hydrogens (tertiary/aromatic N) is 5. The summed E-state index contributed by atoms with van der Waals surface area (Å²) in [5.41, 5.74) is -2.10. The van der Waals surface area contributed by atoms with E-state index in [2.05, 4.69) is 25.5 Å². The van der Waals surface area contributed by atoms with Crippen molar-refractivity contribution in [2.75, 3.05) is 11.9 Å². The van der Waals surface area contributed by atoms with E-state index in [0.717, 1.165) is 0 Å². The van der Waals surface area contributed by atoms with E-state index in [0.29, 0.717) is 23.9 Å². The third kappa shape index (κ3) is 5.10. The highest BCUT2D eigenvalue weighted by Crippen LogP contribution is 2.32. The van der Waals surface area contributed by atoms with E-state index in [1.165, 1.54) is 35.2 Å². The Labute approximate surface area is 199 Å². The van der Waals surface area contributed by atoms with Crippen LogP contribution in [0.5, 0.6) is 0 Å². The van der Waals surface area contributed by atoms with Gasteiger partial charge in [0.2, 0.25) is 5.82 Å². The van der Waals surface area contributed by atoms with Gasteiger partial charge < -0.3 is 14.9 Å². The van der Waals surface area contributed by atoms with E-state index < -0.39 is 40.9 Å². The summed E-state index contributed by atoms with van der Waals surface area (Å²) in [4.78, 5) is 7.71. The number of rotatable bonds is 7. The number of anilines is 1. The molecule has 4 aromatic rings. The van der Waals surface area contributed by atoms with Crippen LogP contribution >= 0.6 is 11.6 Å². The highest BCUT2D eigenvalue weighted by molar-refractivity contribution is 6.29. The van der Waals surface area contributed by atoms with Crippen LogP contribution in [0.4, 0.5) is 27.8 Å². The summed E-state index contributed by atoms with van der Waals surface area (Å²) in [5, 5.41) is 19.2. The molecule has 4 rings (SSSR count). The molecule has 1 atom stereocenters. The molecule has 0 radical (unpaired) electrons. The monoisotopic (exact) mass is 514 g/mol. The molecule has 35 heavy (non-hydrogen) atoms. The first kappa shape index (κ1) is 24.5. The Morgan fingerprint density at radius 1 is 1.11 bits per heavy atom. The molecular weight excluding hydrogens is 499 g/mol. The van der Waals surface area contributed by atoms with Gasteiger partial charge in [0, 0.05) is 11.6 Å². The van der Waals surface area contributed by atoms with Gasteiger partial charge in [-0.05, 0) is 19.1 Å². The molecule has 0 saturated carbocycles. The van der Waals surface area contributed by atoms with Crippen LogP contribution in [-0.4, -0.2) is 48.3 Å². The van der Waals surface area contributed by atoms with Crippen molar-refractivity contribution >= 4 is 17.4 Å². The molecule has 0 aliphatic heterocycles. The van der Waals surface area contributed by atoms with E-state index in [1.807, 2.05) is 0 Å². The molecule has 14 heteroatoms. The van der Waals surface area contributed by atoms with Gasteiger partial charge in [-0.1, -0.05) is 35.0 Å². The molecule has 2 N–H and O–H groups in total. The SMILES string of the molecule is CC(O)(CNc1nc(-c2cc(-c3ccon3)n(Cc3ccccc3F)n2)nc(Cl)c1F)C(F)(F)F. The first-order valence-corrected chi connectivity index (χ1v) is 10.3. The lowest BCUT2D eigenvalue weighted by Crippen LogP contribution is -2.47. The average Bonchev–Trinajstić information content (AvgIpc) is 3.45. The zero-order valence-electron chi connectivity index (χ0n) is 17.8. The standard InChI is InChI=1S/C21H16ClF5N6O2/c1-20(34,21(25,26)27)10-28-19-16(24)17(22)29-18(30-19)14-8-15(13-6-7-35-32-13)33(31-14)9-11-4-2-3-5-12(11)23/h2-8,34H,9-10H2,1H3,(H,28,29,30). The second-order valence-corrected chi connectivity index (χ2v) is 8.03. The summed E-state index contributed by atoms with van der Waals surface area (Å²) in [6, 6.07) is 9.01. The Balaban J connectivity index is 1.72. The second kappa shape index (κ2) is 9.23. The maximum absolute atomic E-state index is 14.4. The number of hydrogen-bond donors (Lipinski definition) is 2. The lowest BCUT2D eigenvalue weighted by atomic mass is 10.1. The zero-order chi connectivity index (χ0) is 25.4. The van der Waals surface area contributed by atoms with Crippen LogP contribution in [0, 0.1) is 11.6 Å². The van der Waals surface area contributed by atoms with Gasteiger partial charge in [0.05, 0.1) is 18.8 Å². The molecule has 3 heterocycles. The Hall–Kier alpha value is -3.58. The smallest absolute Gasteiger partial charge is 0.379 e. The van der Waals surface area contributed by atoms with Crippen LogP contribution in [0.1, 0.15) is 12.5 Å². The van der Waals surface area contributed by atoms with Crippen molar-refractivity contribution in [2.45, 2.75) is 25.2 Å². The molecule has 1 aromatic carbocycles. The number of halogens is 6. The maximum Gasteiger partial charge on any atom is 0.418 e. The first-order valence-electron chi connectivity index (χ1n) is 9.94. The lowest BCUT2D eigenvalue weighted by molar-refractivity contribution is -0.246. The second-order valence-electron chi connectivity index (χ2n) is 7.67. The first-order chi connectivity index (χ1) is 16.5. The van der Waals surface area contributed by atoms with Crippen molar-refractivity contribution in [3.63, 3.8) is 0 Å². The molecular formula is C21H16ClF5N6O2. The van der Waals surface area contributed by atoms with Crippen molar-refractivity contribution in [3.8, 4) is 22.9 Å². The van der Waals surface area contributed by atoms with Gasteiger partial charge >= 0.3 is 6.18 Å². The van der Waals surface area contributed by atoms with Gasteiger partial charge in [-0.2, -0.15) is 22.7 Å². The van der Waals surface area contributed by atoms with Crippen molar-refractivity contribution < 1.29 is 31.6 Å². The Morgan fingerprint density at radius 3 is 2.51 bits per heavy atom. The average molecular weight is 515 g/mol. The fourth-order valence-corrected chi connectivity index (χ4v) is 3.16. The number of aliphatic hydroxyl groups is 1. The normalized spacial score (nSPS) is 13.6. The molecule has 0 spiro atoms. The highest BCUT2D eigenvalue weighted by Gasteiger charge is 2.49. The quantitative estimate of drug-likeness (QED) is 0.272. The molecule has 0 saturated heterocycles. The summed E-state index contributed by atoms with van der Waals surface area (Å²) in [5.74, 6) is -2.59. The third-order valence-corrected chi connectivity index (χ3v) is 5.26. The minimum Gasteiger partial charge on any atom is -0.379 e. The van der Waals surface area contributed by atoms with Crippen molar-refractivity contribution in [3.05, 3.63) is 65.0 Å². The van der Waals surface area contributed by atoms with Gasteiger partial charge in [0.25, 0.3) is 0 Å². The third-order valence-electron chi connectivity index (χ3n) is 5.01. The van der Waals surface area contributed by atoms with Crippen LogP contribution < -0.4 is 5.32 Å². The molecule has 3 aromatic heterocycles. The van der Waals surface area contributed by atoms with Crippen LogP contribution in [0.3, 0.4) is 0 Å².